The fourth-order valence-corrected chi connectivity index (χ4v) is 2.37. The van der Waals surface area contributed by atoms with E-state index in [4.69, 9.17) is 5.73 Å². The van der Waals surface area contributed by atoms with Crippen molar-refractivity contribution >= 4 is 11.9 Å². The molecular formula is C13H13N5O2. The predicted molar refractivity (Wildman–Crippen MR) is 71.8 cm³/mol. The monoisotopic (exact) mass is 271 g/mol. The molecule has 1 aromatic heterocycles. The summed E-state index contributed by atoms with van der Waals surface area (Å²) in [5.41, 5.74) is 7.36. The largest absolute Gasteiger partial charge is 0.508 e. The fraction of sp³-hybridized carbons (Fsp3) is 0.154. The molecule has 1 amide bonds. The number of hydrogen-bond donors (Lipinski definition) is 3. The lowest BCUT2D eigenvalue weighted by Gasteiger charge is -2.27. The summed E-state index contributed by atoms with van der Waals surface area (Å²) in [6.45, 7) is 1.77. The van der Waals surface area contributed by atoms with Crippen molar-refractivity contribution < 1.29 is 9.90 Å². The van der Waals surface area contributed by atoms with E-state index in [0.717, 1.165) is 5.56 Å². The average Bonchev–Trinajstić information content (AvgIpc) is 2.85. The maximum Gasteiger partial charge on any atom is 0.248 e. The van der Waals surface area contributed by atoms with E-state index >= 15 is 0 Å². The molecule has 1 aromatic carbocycles. The van der Waals surface area contributed by atoms with Crippen LogP contribution in [0.4, 0.5) is 5.95 Å². The fourth-order valence-electron chi connectivity index (χ4n) is 2.37. The summed E-state index contributed by atoms with van der Waals surface area (Å²) < 4.78 is 1.60. The van der Waals surface area contributed by atoms with Crippen LogP contribution in [0.3, 0.4) is 0 Å². The van der Waals surface area contributed by atoms with Gasteiger partial charge in [-0.15, -0.1) is 0 Å². The van der Waals surface area contributed by atoms with Crippen LogP contribution in [0.1, 0.15) is 18.5 Å². The molecule has 2 heterocycles. The van der Waals surface area contributed by atoms with Gasteiger partial charge < -0.3 is 16.2 Å². The Labute approximate surface area is 114 Å². The number of phenolic OH excluding ortho intramolecular Hbond substituents is 1. The zero-order valence-corrected chi connectivity index (χ0v) is 10.7. The van der Waals surface area contributed by atoms with Crippen molar-refractivity contribution in [2.24, 2.45) is 5.73 Å². The molecule has 0 saturated heterocycles. The number of aromatic hydroxyl groups is 1. The van der Waals surface area contributed by atoms with E-state index in [1.54, 1.807) is 35.9 Å². The Bertz CT molecular complexity index is 702. The Kier molecular flexibility index (Phi) is 2.67. The van der Waals surface area contributed by atoms with E-state index in [9.17, 15) is 9.90 Å². The van der Waals surface area contributed by atoms with Crippen LogP contribution in [-0.2, 0) is 4.79 Å². The van der Waals surface area contributed by atoms with Crippen molar-refractivity contribution in [3.05, 3.63) is 47.4 Å². The quantitative estimate of drug-likeness (QED) is 0.747. The first-order valence-electron chi connectivity index (χ1n) is 6.04. The molecular weight excluding hydrogens is 258 g/mol. The molecule has 0 saturated carbocycles. The number of anilines is 1. The molecule has 0 unspecified atom stereocenters. The third-order valence-corrected chi connectivity index (χ3v) is 3.27. The number of nitrogens with one attached hydrogen (secondary N) is 1. The van der Waals surface area contributed by atoms with Gasteiger partial charge in [0.15, 0.2) is 0 Å². The predicted octanol–water partition coefficient (Wildman–Crippen LogP) is 0.758. The standard InChI is InChI=1S/C13H13N5O2/c1-7-10(12(14)20)11(8-2-4-9(19)5-3-8)18-13(17-7)15-6-16-18/h2-6,11,19H,1H3,(H2,14,20)(H,15,16,17)/t11-/m1/s1. The van der Waals surface area contributed by atoms with Crippen molar-refractivity contribution in [2.45, 2.75) is 13.0 Å². The number of primary amides is 1. The highest BCUT2D eigenvalue weighted by molar-refractivity contribution is 5.95. The van der Waals surface area contributed by atoms with Gasteiger partial charge in [-0.25, -0.2) is 4.68 Å². The Morgan fingerprint density at radius 2 is 2.10 bits per heavy atom. The number of allylic oxidation sites excluding steroid dienone is 1. The van der Waals surface area contributed by atoms with Crippen molar-refractivity contribution in [2.75, 3.05) is 5.32 Å². The number of rotatable bonds is 2. The molecule has 1 aliphatic rings. The van der Waals surface area contributed by atoms with Crippen molar-refractivity contribution in [3.63, 3.8) is 0 Å². The van der Waals surface area contributed by atoms with E-state index in [-0.39, 0.29) is 5.75 Å². The number of amides is 1. The second kappa shape index (κ2) is 4.37. The van der Waals surface area contributed by atoms with Crippen LogP contribution < -0.4 is 11.1 Å². The second-order valence-corrected chi connectivity index (χ2v) is 4.55. The molecule has 1 aliphatic heterocycles. The Hall–Kier alpha value is -2.83. The normalized spacial score (nSPS) is 17.6. The lowest BCUT2D eigenvalue weighted by atomic mass is 9.95. The summed E-state index contributed by atoms with van der Waals surface area (Å²) in [5, 5.41) is 16.5. The molecule has 0 fully saturated rings. The van der Waals surface area contributed by atoms with Crippen LogP contribution in [-0.4, -0.2) is 25.8 Å². The Morgan fingerprint density at radius 1 is 1.40 bits per heavy atom. The molecule has 4 N–H and O–H groups in total. The first-order valence-corrected chi connectivity index (χ1v) is 6.04. The van der Waals surface area contributed by atoms with Crippen LogP contribution in [0.5, 0.6) is 5.75 Å². The van der Waals surface area contributed by atoms with Crippen molar-refractivity contribution in [1.29, 1.82) is 0 Å². The number of phenols is 1. The zero-order chi connectivity index (χ0) is 14.3. The highest BCUT2D eigenvalue weighted by atomic mass is 16.3. The van der Waals surface area contributed by atoms with Gasteiger partial charge in [-0.3, -0.25) is 4.79 Å². The summed E-state index contributed by atoms with van der Waals surface area (Å²) in [5.74, 6) is 0.183. The topological polar surface area (TPSA) is 106 Å². The molecule has 0 aliphatic carbocycles. The smallest absolute Gasteiger partial charge is 0.248 e. The van der Waals surface area contributed by atoms with Gasteiger partial charge in [-0.1, -0.05) is 12.1 Å². The first kappa shape index (κ1) is 12.2. The third kappa shape index (κ3) is 1.80. The number of carbonyl (C=O) groups excluding carboxylic acids is 1. The molecule has 0 spiro atoms. The minimum Gasteiger partial charge on any atom is -0.508 e. The van der Waals surface area contributed by atoms with Crippen LogP contribution in [0.15, 0.2) is 41.9 Å². The molecule has 1 atom stereocenters. The molecule has 0 bridgehead atoms. The van der Waals surface area contributed by atoms with E-state index < -0.39 is 11.9 Å². The second-order valence-electron chi connectivity index (χ2n) is 4.55. The lowest BCUT2D eigenvalue weighted by Crippen LogP contribution is -2.31. The average molecular weight is 271 g/mol. The summed E-state index contributed by atoms with van der Waals surface area (Å²) >= 11 is 0. The van der Waals surface area contributed by atoms with Gasteiger partial charge in [-0.05, 0) is 24.6 Å². The van der Waals surface area contributed by atoms with Crippen molar-refractivity contribution in [1.82, 2.24) is 14.8 Å². The van der Waals surface area contributed by atoms with Gasteiger partial charge in [0.25, 0.3) is 0 Å². The number of nitrogens with zero attached hydrogens (tertiary/aromatic N) is 3. The van der Waals surface area contributed by atoms with Gasteiger partial charge in [0.05, 0.1) is 5.57 Å². The van der Waals surface area contributed by atoms with Gasteiger partial charge in [0, 0.05) is 5.70 Å². The van der Waals surface area contributed by atoms with Crippen molar-refractivity contribution in [3.8, 4) is 5.75 Å². The first-order chi connectivity index (χ1) is 9.58. The van der Waals surface area contributed by atoms with Gasteiger partial charge in [0.2, 0.25) is 11.9 Å². The van der Waals surface area contributed by atoms with Gasteiger partial charge in [0.1, 0.15) is 18.1 Å². The van der Waals surface area contributed by atoms with Crippen LogP contribution in [0.2, 0.25) is 0 Å². The lowest BCUT2D eigenvalue weighted by molar-refractivity contribution is -0.115. The SMILES string of the molecule is CC1=C(C(N)=O)[C@@H](c2ccc(O)cc2)n2ncnc2N1. The van der Waals surface area contributed by atoms with E-state index in [1.807, 2.05) is 0 Å². The molecule has 102 valence electrons. The van der Waals surface area contributed by atoms with Crippen LogP contribution >= 0.6 is 0 Å². The van der Waals surface area contributed by atoms with Gasteiger partial charge in [-0.2, -0.15) is 10.1 Å². The third-order valence-electron chi connectivity index (χ3n) is 3.27. The number of aromatic nitrogens is 3. The number of carbonyl (C=O) groups is 1. The number of hydrogen-bond acceptors (Lipinski definition) is 5. The maximum atomic E-state index is 11.8. The minimum absolute atomic E-state index is 0.155. The summed E-state index contributed by atoms with van der Waals surface area (Å²) in [7, 11) is 0. The van der Waals surface area contributed by atoms with Gasteiger partial charge >= 0.3 is 0 Å². The van der Waals surface area contributed by atoms with E-state index in [0.29, 0.717) is 17.2 Å². The number of benzene rings is 1. The van der Waals surface area contributed by atoms with E-state index in [1.165, 1.54) is 6.33 Å². The Balaban J connectivity index is 2.19. The van der Waals surface area contributed by atoms with Crippen LogP contribution in [0.25, 0.3) is 0 Å². The molecule has 3 rings (SSSR count). The highest BCUT2D eigenvalue weighted by Crippen LogP contribution is 2.34. The van der Waals surface area contributed by atoms with Crippen LogP contribution in [0, 0.1) is 0 Å². The summed E-state index contributed by atoms with van der Waals surface area (Å²) in [6.07, 6.45) is 1.41. The molecule has 7 nitrogen and oxygen atoms in total. The minimum atomic E-state index is -0.519. The maximum absolute atomic E-state index is 11.8. The number of fused-ring (bicyclic) bond motifs is 1. The Morgan fingerprint density at radius 3 is 2.75 bits per heavy atom. The molecule has 0 radical (unpaired) electrons. The number of nitrogens with two attached hydrogens (primary N) is 1. The highest BCUT2D eigenvalue weighted by Gasteiger charge is 2.31. The summed E-state index contributed by atoms with van der Waals surface area (Å²) in [4.78, 5) is 15.9. The zero-order valence-electron chi connectivity index (χ0n) is 10.7. The molecule has 2 aromatic rings. The molecule has 7 heteroatoms. The van der Waals surface area contributed by atoms with E-state index in [2.05, 4.69) is 15.4 Å². The summed E-state index contributed by atoms with van der Waals surface area (Å²) in [6, 6.07) is 6.12. The molecule has 20 heavy (non-hydrogen) atoms.